The van der Waals surface area contributed by atoms with Crippen molar-refractivity contribution >= 4 is 0 Å². The van der Waals surface area contributed by atoms with Crippen molar-refractivity contribution in [2.24, 2.45) is 11.1 Å². The first-order chi connectivity index (χ1) is 6.12. The van der Waals surface area contributed by atoms with E-state index in [-0.39, 0.29) is 17.6 Å². The number of aliphatic hydroxyl groups excluding tert-OH is 1. The van der Waals surface area contributed by atoms with Crippen LogP contribution in [0.1, 0.15) is 25.7 Å². The van der Waals surface area contributed by atoms with Gasteiger partial charge in [0.2, 0.25) is 0 Å². The van der Waals surface area contributed by atoms with E-state index in [1.807, 2.05) is 0 Å². The molecule has 1 aliphatic heterocycles. The van der Waals surface area contributed by atoms with Crippen LogP contribution in [0.2, 0.25) is 0 Å². The maximum absolute atomic E-state index is 9.39. The fraction of sp³-hybridized carbons (Fsp3) is 1.00. The summed E-state index contributed by atoms with van der Waals surface area (Å²) in [6, 6.07) is 0. The van der Waals surface area contributed by atoms with Crippen LogP contribution >= 0.6 is 0 Å². The number of nitrogens with zero attached hydrogens (tertiary/aromatic N) is 1. The molecule has 0 radical (unpaired) electrons. The van der Waals surface area contributed by atoms with Gasteiger partial charge in [-0.2, -0.15) is 0 Å². The predicted octanol–water partition coefficient (Wildman–Crippen LogP) is 0.182. The van der Waals surface area contributed by atoms with E-state index in [1.165, 1.54) is 19.3 Å². The minimum absolute atomic E-state index is 0.154. The first kappa shape index (κ1) is 9.44. The van der Waals surface area contributed by atoms with Crippen LogP contribution in [-0.4, -0.2) is 42.3 Å². The van der Waals surface area contributed by atoms with Crippen LogP contribution in [0.3, 0.4) is 0 Å². The number of piperidine rings is 1. The van der Waals surface area contributed by atoms with E-state index < -0.39 is 0 Å². The Labute approximate surface area is 79.9 Å². The highest BCUT2D eigenvalue weighted by molar-refractivity contribution is 5.10. The van der Waals surface area contributed by atoms with Gasteiger partial charge in [0.1, 0.15) is 0 Å². The molecule has 1 heterocycles. The molecule has 0 aromatic carbocycles. The Bertz CT molecular complexity index is 203. The van der Waals surface area contributed by atoms with E-state index in [1.54, 1.807) is 0 Å². The first-order valence-electron chi connectivity index (χ1n) is 5.20. The summed E-state index contributed by atoms with van der Waals surface area (Å²) in [5.41, 5.74) is 6.22. The second kappa shape index (κ2) is 2.94. The van der Waals surface area contributed by atoms with Gasteiger partial charge < -0.3 is 15.7 Å². The molecule has 1 spiro atoms. The highest BCUT2D eigenvalue weighted by Gasteiger charge is 2.54. The van der Waals surface area contributed by atoms with Gasteiger partial charge in [-0.25, -0.2) is 0 Å². The lowest BCUT2D eigenvalue weighted by Gasteiger charge is -2.58. The van der Waals surface area contributed by atoms with Crippen molar-refractivity contribution in [1.29, 1.82) is 0 Å². The molecule has 1 unspecified atom stereocenters. The van der Waals surface area contributed by atoms with Crippen molar-refractivity contribution in [3.63, 3.8) is 0 Å². The Balaban J connectivity index is 2.17. The maximum Gasteiger partial charge on any atom is 0.0617 e. The van der Waals surface area contributed by atoms with E-state index in [0.717, 1.165) is 19.5 Å². The molecule has 13 heavy (non-hydrogen) atoms. The van der Waals surface area contributed by atoms with Crippen molar-refractivity contribution in [1.82, 2.24) is 4.90 Å². The van der Waals surface area contributed by atoms with Gasteiger partial charge in [0.25, 0.3) is 0 Å². The SMILES string of the molecule is CN1CCC(N)(CO)C2(CCC2)C1. The summed E-state index contributed by atoms with van der Waals surface area (Å²) in [6.45, 7) is 2.25. The van der Waals surface area contributed by atoms with Crippen LogP contribution in [-0.2, 0) is 0 Å². The Morgan fingerprint density at radius 2 is 2.08 bits per heavy atom. The van der Waals surface area contributed by atoms with Crippen LogP contribution in [0.5, 0.6) is 0 Å². The molecule has 0 aromatic heterocycles. The van der Waals surface area contributed by atoms with Crippen molar-refractivity contribution in [2.45, 2.75) is 31.2 Å². The standard InChI is InChI=1S/C10H20N2O/c1-12-6-5-10(11,8-13)9(7-12)3-2-4-9/h13H,2-8,11H2,1H3. The lowest BCUT2D eigenvalue weighted by atomic mass is 9.55. The van der Waals surface area contributed by atoms with Crippen LogP contribution < -0.4 is 5.73 Å². The summed E-state index contributed by atoms with van der Waals surface area (Å²) in [6.07, 6.45) is 4.63. The average Bonchev–Trinajstić information content (AvgIpc) is 2.06. The van der Waals surface area contributed by atoms with E-state index in [2.05, 4.69) is 11.9 Å². The molecule has 1 atom stereocenters. The van der Waals surface area contributed by atoms with Crippen LogP contribution in [0.4, 0.5) is 0 Å². The molecule has 0 aromatic rings. The number of hydrogen-bond acceptors (Lipinski definition) is 3. The largest absolute Gasteiger partial charge is 0.394 e. The zero-order chi connectivity index (χ0) is 9.53. The molecular formula is C10H20N2O. The number of aliphatic hydroxyl groups is 1. The van der Waals surface area contributed by atoms with Gasteiger partial charge in [0.05, 0.1) is 6.61 Å². The molecule has 76 valence electrons. The molecule has 3 heteroatoms. The van der Waals surface area contributed by atoms with Crippen molar-refractivity contribution in [3.05, 3.63) is 0 Å². The normalized spacial score (nSPS) is 39.0. The number of hydrogen-bond donors (Lipinski definition) is 2. The number of nitrogens with two attached hydrogens (primary N) is 1. The van der Waals surface area contributed by atoms with E-state index in [0.29, 0.717) is 0 Å². The van der Waals surface area contributed by atoms with Crippen molar-refractivity contribution in [3.8, 4) is 0 Å². The molecule has 2 aliphatic rings. The number of rotatable bonds is 1. The first-order valence-corrected chi connectivity index (χ1v) is 5.20. The Hall–Kier alpha value is -0.120. The maximum atomic E-state index is 9.39. The fourth-order valence-corrected chi connectivity index (χ4v) is 2.92. The fourth-order valence-electron chi connectivity index (χ4n) is 2.92. The van der Waals surface area contributed by atoms with E-state index in [4.69, 9.17) is 5.73 Å². The van der Waals surface area contributed by atoms with Crippen molar-refractivity contribution < 1.29 is 5.11 Å². The van der Waals surface area contributed by atoms with E-state index in [9.17, 15) is 5.11 Å². The second-order valence-electron chi connectivity index (χ2n) is 4.94. The van der Waals surface area contributed by atoms with Gasteiger partial charge in [-0.1, -0.05) is 6.42 Å². The number of likely N-dealkylation sites (tertiary alicyclic amines) is 1. The zero-order valence-electron chi connectivity index (χ0n) is 8.42. The van der Waals surface area contributed by atoms with Gasteiger partial charge in [-0.3, -0.25) is 0 Å². The van der Waals surface area contributed by atoms with Crippen LogP contribution in [0, 0.1) is 5.41 Å². The second-order valence-corrected chi connectivity index (χ2v) is 4.94. The van der Waals surface area contributed by atoms with Crippen LogP contribution in [0.25, 0.3) is 0 Å². The topological polar surface area (TPSA) is 49.5 Å². The van der Waals surface area contributed by atoms with Crippen LogP contribution in [0.15, 0.2) is 0 Å². The highest BCUT2D eigenvalue weighted by Crippen LogP contribution is 2.51. The minimum Gasteiger partial charge on any atom is -0.394 e. The molecule has 3 nitrogen and oxygen atoms in total. The molecule has 1 saturated carbocycles. The summed E-state index contributed by atoms with van der Waals surface area (Å²) in [4.78, 5) is 2.35. The Morgan fingerprint density at radius 1 is 1.38 bits per heavy atom. The zero-order valence-corrected chi connectivity index (χ0v) is 8.42. The third-order valence-electron chi connectivity index (χ3n) is 4.16. The van der Waals surface area contributed by atoms with Crippen molar-refractivity contribution in [2.75, 3.05) is 26.7 Å². The quantitative estimate of drug-likeness (QED) is 0.611. The van der Waals surface area contributed by atoms with E-state index >= 15 is 0 Å². The lowest BCUT2D eigenvalue weighted by molar-refractivity contribution is -0.0698. The molecule has 3 N–H and O–H groups in total. The summed E-state index contributed by atoms with van der Waals surface area (Å²) < 4.78 is 0. The molecule has 0 amide bonds. The summed E-state index contributed by atoms with van der Waals surface area (Å²) in [7, 11) is 2.15. The van der Waals surface area contributed by atoms with Gasteiger partial charge in [-0.15, -0.1) is 0 Å². The molecular weight excluding hydrogens is 164 g/mol. The van der Waals surface area contributed by atoms with Gasteiger partial charge in [0, 0.05) is 17.5 Å². The summed E-state index contributed by atoms with van der Waals surface area (Å²) >= 11 is 0. The molecule has 2 fully saturated rings. The lowest BCUT2D eigenvalue weighted by Crippen LogP contribution is -2.68. The molecule has 2 rings (SSSR count). The minimum atomic E-state index is -0.294. The van der Waals surface area contributed by atoms with Gasteiger partial charge >= 0.3 is 0 Å². The Kier molecular flexibility index (Phi) is 2.13. The molecule has 1 aliphatic carbocycles. The average molecular weight is 184 g/mol. The van der Waals surface area contributed by atoms with Gasteiger partial charge in [0.15, 0.2) is 0 Å². The highest BCUT2D eigenvalue weighted by atomic mass is 16.3. The molecule has 0 bridgehead atoms. The summed E-state index contributed by atoms with van der Waals surface area (Å²) in [5, 5.41) is 9.39. The molecule has 1 saturated heterocycles. The third-order valence-corrected chi connectivity index (χ3v) is 4.16. The monoisotopic (exact) mass is 184 g/mol. The Morgan fingerprint density at radius 3 is 2.54 bits per heavy atom. The van der Waals surface area contributed by atoms with Gasteiger partial charge in [-0.05, 0) is 32.9 Å². The smallest absolute Gasteiger partial charge is 0.0617 e. The third kappa shape index (κ3) is 1.22. The predicted molar refractivity (Wildman–Crippen MR) is 52.4 cm³/mol. The summed E-state index contributed by atoms with van der Waals surface area (Å²) in [5.74, 6) is 0.